The molecule has 1 rings (SSSR count). The Kier molecular flexibility index (Phi) is 4.90. The van der Waals surface area contributed by atoms with Gasteiger partial charge in [-0.1, -0.05) is 0 Å². The largest absolute Gasteiger partial charge is 0.493 e. The van der Waals surface area contributed by atoms with Crippen molar-refractivity contribution in [1.29, 1.82) is 0 Å². The molecule has 1 aromatic rings. The van der Waals surface area contributed by atoms with E-state index < -0.39 is 23.3 Å². The molecule has 0 radical (unpaired) electrons. The van der Waals surface area contributed by atoms with Crippen LogP contribution in [0.25, 0.3) is 0 Å². The maximum Gasteiger partial charge on any atom is 0.344 e. The van der Waals surface area contributed by atoms with E-state index in [2.05, 4.69) is 5.32 Å². The molecule has 0 saturated heterocycles. The number of methoxy groups -OCH3 is 2. The summed E-state index contributed by atoms with van der Waals surface area (Å²) in [7, 11) is 2.57. The highest BCUT2D eigenvalue weighted by Crippen LogP contribution is 2.34. The van der Waals surface area contributed by atoms with E-state index >= 15 is 0 Å². The molecule has 0 unspecified atom stereocenters. The number of hydrogen-bond donors (Lipinski definition) is 3. The Hall–Kier alpha value is -2.77. The predicted octanol–water partition coefficient (Wildman–Crippen LogP) is 1.31. The molecule has 3 N–H and O–H groups in total. The molecule has 0 fully saturated rings. The van der Waals surface area contributed by atoms with Gasteiger partial charge in [-0.2, -0.15) is 0 Å². The van der Waals surface area contributed by atoms with Gasteiger partial charge >= 0.3 is 11.9 Å². The molecule has 0 spiro atoms. The molecule has 7 nitrogen and oxygen atoms in total. The Morgan fingerprint density at radius 2 is 1.80 bits per heavy atom. The number of carbonyl (C=O) groups is 2. The average Bonchev–Trinajstić information content (AvgIpc) is 2.39. The molecule has 0 heterocycles. The maximum absolute atomic E-state index is 14.0. The van der Waals surface area contributed by atoms with Crippen LogP contribution in [0.5, 0.6) is 11.5 Å². The van der Waals surface area contributed by atoms with E-state index in [1.165, 1.54) is 26.4 Å². The minimum Gasteiger partial charge on any atom is -0.493 e. The number of rotatable bonds is 6. The van der Waals surface area contributed by atoms with Crippen LogP contribution in [0.15, 0.2) is 23.9 Å². The zero-order valence-electron chi connectivity index (χ0n) is 10.6. The van der Waals surface area contributed by atoms with Crippen molar-refractivity contribution in [3.63, 3.8) is 0 Å². The normalized spacial score (nSPS) is 9.55. The van der Waals surface area contributed by atoms with Crippen LogP contribution in [-0.4, -0.2) is 36.4 Å². The third-order valence-corrected chi connectivity index (χ3v) is 2.32. The number of anilines is 1. The van der Waals surface area contributed by atoms with Crippen LogP contribution in [-0.2, 0) is 9.59 Å². The van der Waals surface area contributed by atoms with E-state index in [4.69, 9.17) is 19.7 Å². The van der Waals surface area contributed by atoms with Gasteiger partial charge in [0.2, 0.25) is 0 Å². The molecule has 0 saturated carbocycles. The number of halogens is 1. The second kappa shape index (κ2) is 6.41. The lowest BCUT2D eigenvalue weighted by Crippen LogP contribution is -2.13. The first-order valence-electron chi connectivity index (χ1n) is 5.26. The number of nitrogens with one attached hydrogen (secondary N) is 1. The first kappa shape index (κ1) is 15.3. The number of hydrogen-bond acceptors (Lipinski definition) is 5. The van der Waals surface area contributed by atoms with Crippen LogP contribution < -0.4 is 14.8 Å². The molecule has 108 valence electrons. The lowest BCUT2D eigenvalue weighted by molar-refractivity contribution is -0.140. The molecule has 0 bridgehead atoms. The van der Waals surface area contributed by atoms with Crippen molar-refractivity contribution in [2.24, 2.45) is 0 Å². The quantitative estimate of drug-likeness (QED) is 0.411. The van der Waals surface area contributed by atoms with E-state index in [9.17, 15) is 14.0 Å². The fourth-order valence-electron chi connectivity index (χ4n) is 1.37. The van der Waals surface area contributed by atoms with Crippen LogP contribution in [0, 0.1) is 5.82 Å². The molecule has 0 aliphatic rings. The fraction of sp³-hybridized carbons (Fsp3) is 0.167. The summed E-state index contributed by atoms with van der Waals surface area (Å²) < 4.78 is 23.7. The molecule has 0 amide bonds. The smallest absolute Gasteiger partial charge is 0.344 e. The molecule has 1 aromatic carbocycles. The summed E-state index contributed by atoms with van der Waals surface area (Å²) in [6.45, 7) is 0. The van der Waals surface area contributed by atoms with E-state index in [0.29, 0.717) is 6.20 Å². The molecular formula is C12H12FNO6. The first-order valence-corrected chi connectivity index (χ1v) is 5.26. The highest BCUT2D eigenvalue weighted by molar-refractivity contribution is 6.12. The van der Waals surface area contributed by atoms with E-state index in [1.54, 1.807) is 0 Å². The van der Waals surface area contributed by atoms with Gasteiger partial charge in [-0.25, -0.2) is 14.0 Å². The van der Waals surface area contributed by atoms with Crippen molar-refractivity contribution in [2.75, 3.05) is 19.5 Å². The molecular weight excluding hydrogens is 273 g/mol. The minimum absolute atomic E-state index is 0.149. The van der Waals surface area contributed by atoms with Crippen molar-refractivity contribution >= 4 is 17.6 Å². The lowest BCUT2D eigenvalue weighted by atomic mass is 10.2. The van der Waals surface area contributed by atoms with Crippen LogP contribution >= 0.6 is 0 Å². The van der Waals surface area contributed by atoms with Crippen LogP contribution in [0.4, 0.5) is 10.1 Å². The second-order valence-corrected chi connectivity index (χ2v) is 3.48. The molecule has 0 aliphatic heterocycles. The molecule has 0 aromatic heterocycles. The average molecular weight is 285 g/mol. The summed E-state index contributed by atoms with van der Waals surface area (Å²) in [4.78, 5) is 21.3. The van der Waals surface area contributed by atoms with Gasteiger partial charge < -0.3 is 25.0 Å². The Morgan fingerprint density at radius 3 is 2.25 bits per heavy atom. The molecule has 0 aliphatic carbocycles. The Bertz CT molecular complexity index is 553. The highest BCUT2D eigenvalue weighted by atomic mass is 19.1. The van der Waals surface area contributed by atoms with Crippen LogP contribution in [0.1, 0.15) is 0 Å². The molecule has 8 heteroatoms. The van der Waals surface area contributed by atoms with Gasteiger partial charge in [0.05, 0.1) is 19.9 Å². The SMILES string of the molecule is COc1ccc(NC=C(C(=O)O)C(=O)O)c(F)c1OC. The zero-order valence-corrected chi connectivity index (χ0v) is 10.6. The first-order chi connectivity index (χ1) is 9.42. The topological polar surface area (TPSA) is 105 Å². The third kappa shape index (κ3) is 3.16. The standard InChI is InChI=1S/C12H12FNO6/c1-19-8-4-3-7(9(13)10(8)20-2)14-5-6(11(15)16)12(17)18/h3-5,14H,1-2H3,(H,15,16)(H,17,18). The van der Waals surface area contributed by atoms with Gasteiger partial charge in [0.15, 0.2) is 22.9 Å². The summed E-state index contributed by atoms with van der Waals surface area (Å²) in [5, 5.41) is 19.6. The highest BCUT2D eigenvalue weighted by Gasteiger charge is 2.18. The van der Waals surface area contributed by atoms with Crippen LogP contribution in [0.3, 0.4) is 0 Å². The summed E-state index contributed by atoms with van der Waals surface area (Å²) in [5.74, 6) is -4.16. The second-order valence-electron chi connectivity index (χ2n) is 3.48. The molecule has 0 atom stereocenters. The van der Waals surface area contributed by atoms with Crippen molar-refractivity contribution in [1.82, 2.24) is 0 Å². The van der Waals surface area contributed by atoms with Gasteiger partial charge in [-0.3, -0.25) is 0 Å². The number of benzene rings is 1. The number of aliphatic carboxylic acids is 2. The van der Waals surface area contributed by atoms with Crippen molar-refractivity contribution < 1.29 is 33.7 Å². The Morgan fingerprint density at radius 1 is 1.20 bits per heavy atom. The van der Waals surface area contributed by atoms with Crippen molar-refractivity contribution in [2.45, 2.75) is 0 Å². The van der Waals surface area contributed by atoms with E-state index in [1.807, 2.05) is 0 Å². The summed E-state index contributed by atoms with van der Waals surface area (Å²) in [6.07, 6.45) is 0.676. The third-order valence-electron chi connectivity index (χ3n) is 2.32. The van der Waals surface area contributed by atoms with Crippen molar-refractivity contribution in [3.8, 4) is 11.5 Å². The fourth-order valence-corrected chi connectivity index (χ4v) is 1.37. The number of carboxylic acid groups (broad SMARTS) is 2. The maximum atomic E-state index is 14.0. The van der Waals surface area contributed by atoms with Gasteiger partial charge in [0, 0.05) is 6.20 Å². The summed E-state index contributed by atoms with van der Waals surface area (Å²) in [5.41, 5.74) is -1.08. The van der Waals surface area contributed by atoms with Gasteiger partial charge in [-0.15, -0.1) is 0 Å². The van der Waals surface area contributed by atoms with Gasteiger partial charge in [0.25, 0.3) is 0 Å². The van der Waals surface area contributed by atoms with E-state index in [0.717, 1.165) is 0 Å². The van der Waals surface area contributed by atoms with Gasteiger partial charge in [0.1, 0.15) is 0 Å². The minimum atomic E-state index is -1.65. The lowest BCUT2D eigenvalue weighted by Gasteiger charge is -2.11. The number of ether oxygens (including phenoxy) is 2. The van der Waals surface area contributed by atoms with E-state index in [-0.39, 0.29) is 17.2 Å². The van der Waals surface area contributed by atoms with Crippen LogP contribution in [0.2, 0.25) is 0 Å². The summed E-state index contributed by atoms with van der Waals surface area (Å²) in [6, 6.07) is 2.65. The molecule has 20 heavy (non-hydrogen) atoms. The predicted molar refractivity (Wildman–Crippen MR) is 66.5 cm³/mol. The summed E-state index contributed by atoms with van der Waals surface area (Å²) >= 11 is 0. The van der Waals surface area contributed by atoms with Crippen molar-refractivity contribution in [3.05, 3.63) is 29.7 Å². The van der Waals surface area contributed by atoms with Gasteiger partial charge in [-0.05, 0) is 12.1 Å². The zero-order chi connectivity index (χ0) is 15.3. The Balaban J connectivity index is 3.13. The Labute approximate surface area is 113 Å². The number of carboxylic acids is 2. The monoisotopic (exact) mass is 285 g/mol.